The fourth-order valence-electron chi connectivity index (χ4n) is 2.33. The largest absolute Gasteiger partial charge is 0.289 e. The van der Waals surface area contributed by atoms with Crippen molar-refractivity contribution in [1.29, 1.82) is 0 Å². The van der Waals surface area contributed by atoms with Gasteiger partial charge in [0.1, 0.15) is 0 Å². The van der Waals surface area contributed by atoms with Crippen molar-refractivity contribution in [2.24, 2.45) is 0 Å². The minimum absolute atomic E-state index is 0.000338. The van der Waals surface area contributed by atoms with E-state index in [-0.39, 0.29) is 5.78 Å². The van der Waals surface area contributed by atoms with Gasteiger partial charge in [0.05, 0.1) is 0 Å². The average Bonchev–Trinajstić information content (AvgIpc) is 2.62. The number of benzene rings is 3. The lowest BCUT2D eigenvalue weighted by Crippen LogP contribution is -1.93. The molecular formula is C21H15BrO. The average molecular weight is 363 g/mol. The molecule has 0 spiro atoms. The van der Waals surface area contributed by atoms with Crippen molar-refractivity contribution >= 4 is 27.8 Å². The monoisotopic (exact) mass is 362 g/mol. The first-order chi connectivity index (χ1) is 11.2. The highest BCUT2D eigenvalue weighted by Crippen LogP contribution is 2.20. The van der Waals surface area contributed by atoms with Crippen LogP contribution in [0, 0.1) is 0 Å². The minimum atomic E-state index is 0.000338. The molecule has 0 amide bonds. The second kappa shape index (κ2) is 7.21. The van der Waals surface area contributed by atoms with E-state index in [4.69, 9.17) is 0 Å². The Balaban J connectivity index is 1.77. The Morgan fingerprint density at radius 1 is 0.739 bits per heavy atom. The number of ketones is 1. The van der Waals surface area contributed by atoms with Gasteiger partial charge in [-0.3, -0.25) is 4.79 Å². The molecule has 23 heavy (non-hydrogen) atoms. The summed E-state index contributed by atoms with van der Waals surface area (Å²) >= 11 is 3.48. The summed E-state index contributed by atoms with van der Waals surface area (Å²) in [5.41, 5.74) is 3.93. The zero-order valence-electron chi connectivity index (χ0n) is 12.4. The molecule has 0 saturated heterocycles. The van der Waals surface area contributed by atoms with E-state index in [1.165, 1.54) is 0 Å². The highest BCUT2D eigenvalue weighted by atomic mass is 79.9. The molecule has 3 aromatic carbocycles. The van der Waals surface area contributed by atoms with Gasteiger partial charge >= 0.3 is 0 Å². The normalized spacial score (nSPS) is 10.8. The molecule has 0 radical (unpaired) electrons. The SMILES string of the molecule is O=C(C=Cc1ccccc1Br)c1ccc(-c2ccccc2)cc1. The molecule has 0 aliphatic carbocycles. The standard InChI is InChI=1S/C21H15BrO/c22-20-9-5-4-8-18(20)14-15-21(23)19-12-10-17(11-13-19)16-6-2-1-3-7-16/h1-15H. The summed E-state index contributed by atoms with van der Waals surface area (Å²) in [7, 11) is 0. The summed E-state index contributed by atoms with van der Waals surface area (Å²) in [5, 5.41) is 0. The van der Waals surface area contributed by atoms with Crippen LogP contribution in [0.5, 0.6) is 0 Å². The molecule has 0 aliphatic rings. The Hall–Kier alpha value is -2.45. The molecule has 112 valence electrons. The van der Waals surface area contributed by atoms with E-state index in [1.807, 2.05) is 72.8 Å². The van der Waals surface area contributed by atoms with E-state index >= 15 is 0 Å². The third kappa shape index (κ3) is 3.85. The lowest BCUT2D eigenvalue weighted by atomic mass is 10.0. The van der Waals surface area contributed by atoms with Crippen molar-refractivity contribution < 1.29 is 4.79 Å². The Bertz CT molecular complexity index is 833. The summed E-state index contributed by atoms with van der Waals surface area (Å²) in [5.74, 6) is 0.000338. The van der Waals surface area contributed by atoms with Crippen molar-refractivity contribution in [3.05, 3.63) is 101 Å². The number of hydrogen-bond acceptors (Lipinski definition) is 1. The maximum Gasteiger partial charge on any atom is 0.185 e. The van der Waals surface area contributed by atoms with Gasteiger partial charge in [-0.25, -0.2) is 0 Å². The first-order valence-corrected chi connectivity index (χ1v) is 8.16. The highest BCUT2D eigenvalue weighted by Gasteiger charge is 2.03. The van der Waals surface area contributed by atoms with Crippen LogP contribution in [-0.2, 0) is 0 Å². The third-order valence-electron chi connectivity index (χ3n) is 3.60. The summed E-state index contributed by atoms with van der Waals surface area (Å²) in [6.07, 6.45) is 3.44. The molecule has 0 bridgehead atoms. The molecule has 0 unspecified atom stereocenters. The molecular weight excluding hydrogens is 348 g/mol. The predicted molar refractivity (Wildman–Crippen MR) is 99.4 cm³/mol. The molecule has 1 nitrogen and oxygen atoms in total. The van der Waals surface area contributed by atoms with Crippen LogP contribution in [0.4, 0.5) is 0 Å². The zero-order valence-corrected chi connectivity index (χ0v) is 14.0. The first-order valence-electron chi connectivity index (χ1n) is 7.36. The zero-order chi connectivity index (χ0) is 16.1. The van der Waals surface area contributed by atoms with E-state index in [1.54, 1.807) is 6.08 Å². The number of halogens is 1. The molecule has 0 fully saturated rings. The summed E-state index contributed by atoms with van der Waals surface area (Å²) in [6, 6.07) is 25.7. The summed E-state index contributed by atoms with van der Waals surface area (Å²) in [6.45, 7) is 0. The van der Waals surface area contributed by atoms with Crippen molar-refractivity contribution in [2.75, 3.05) is 0 Å². The maximum atomic E-state index is 12.3. The third-order valence-corrected chi connectivity index (χ3v) is 4.32. The van der Waals surface area contributed by atoms with Gasteiger partial charge in [-0.15, -0.1) is 0 Å². The molecule has 0 aliphatic heterocycles. The number of allylic oxidation sites excluding steroid dienone is 1. The van der Waals surface area contributed by atoms with Crippen LogP contribution in [0.3, 0.4) is 0 Å². The quantitative estimate of drug-likeness (QED) is 0.410. The van der Waals surface area contributed by atoms with Crippen LogP contribution in [0.1, 0.15) is 15.9 Å². The topological polar surface area (TPSA) is 17.1 Å². The summed E-state index contributed by atoms with van der Waals surface area (Å²) < 4.78 is 0.975. The highest BCUT2D eigenvalue weighted by molar-refractivity contribution is 9.10. The van der Waals surface area contributed by atoms with E-state index in [0.717, 1.165) is 21.2 Å². The smallest absolute Gasteiger partial charge is 0.185 e. The fourth-order valence-corrected chi connectivity index (χ4v) is 2.75. The van der Waals surface area contributed by atoms with Crippen LogP contribution in [0.15, 0.2) is 89.4 Å². The second-order valence-corrected chi connectivity index (χ2v) is 6.02. The van der Waals surface area contributed by atoms with Gasteiger partial charge in [0, 0.05) is 10.0 Å². The van der Waals surface area contributed by atoms with Crippen LogP contribution >= 0.6 is 15.9 Å². The van der Waals surface area contributed by atoms with E-state index in [2.05, 4.69) is 28.1 Å². The second-order valence-electron chi connectivity index (χ2n) is 5.16. The number of hydrogen-bond donors (Lipinski definition) is 0. The van der Waals surface area contributed by atoms with Gasteiger partial charge < -0.3 is 0 Å². The van der Waals surface area contributed by atoms with Gasteiger partial charge in [-0.2, -0.15) is 0 Å². The van der Waals surface area contributed by atoms with Crippen LogP contribution in [0.2, 0.25) is 0 Å². The van der Waals surface area contributed by atoms with E-state index in [0.29, 0.717) is 5.56 Å². The van der Waals surface area contributed by atoms with Crippen molar-refractivity contribution in [2.45, 2.75) is 0 Å². The predicted octanol–water partition coefficient (Wildman–Crippen LogP) is 6.01. The lowest BCUT2D eigenvalue weighted by molar-refractivity contribution is 0.104. The van der Waals surface area contributed by atoms with Gasteiger partial charge in [0.15, 0.2) is 5.78 Å². The Morgan fingerprint density at radius 2 is 1.35 bits per heavy atom. The van der Waals surface area contributed by atoms with E-state index < -0.39 is 0 Å². The minimum Gasteiger partial charge on any atom is -0.289 e. The maximum absolute atomic E-state index is 12.3. The molecule has 0 atom stereocenters. The molecule has 0 heterocycles. The Morgan fingerprint density at radius 3 is 2.04 bits per heavy atom. The van der Waals surface area contributed by atoms with E-state index in [9.17, 15) is 4.79 Å². The molecule has 0 saturated carbocycles. The lowest BCUT2D eigenvalue weighted by Gasteiger charge is -2.02. The number of carbonyl (C=O) groups is 1. The molecule has 3 aromatic rings. The fraction of sp³-hybridized carbons (Fsp3) is 0. The van der Waals surface area contributed by atoms with Crippen molar-refractivity contribution in [3.63, 3.8) is 0 Å². The van der Waals surface area contributed by atoms with Gasteiger partial charge in [-0.05, 0) is 34.9 Å². The Labute approximate surface area is 144 Å². The summed E-state index contributed by atoms with van der Waals surface area (Å²) in [4.78, 5) is 12.3. The van der Waals surface area contributed by atoms with Crippen molar-refractivity contribution in [1.82, 2.24) is 0 Å². The molecule has 0 N–H and O–H groups in total. The van der Waals surface area contributed by atoms with Gasteiger partial charge in [-0.1, -0.05) is 88.7 Å². The van der Waals surface area contributed by atoms with Crippen LogP contribution in [-0.4, -0.2) is 5.78 Å². The number of rotatable bonds is 4. The van der Waals surface area contributed by atoms with Crippen LogP contribution < -0.4 is 0 Å². The molecule has 3 rings (SSSR count). The Kier molecular flexibility index (Phi) is 4.84. The van der Waals surface area contributed by atoms with Crippen molar-refractivity contribution in [3.8, 4) is 11.1 Å². The molecule has 0 aromatic heterocycles. The number of carbonyl (C=O) groups excluding carboxylic acids is 1. The first kappa shape index (κ1) is 15.4. The van der Waals surface area contributed by atoms with Gasteiger partial charge in [0.2, 0.25) is 0 Å². The van der Waals surface area contributed by atoms with Crippen LogP contribution in [0.25, 0.3) is 17.2 Å². The van der Waals surface area contributed by atoms with Gasteiger partial charge in [0.25, 0.3) is 0 Å². The molecule has 2 heteroatoms.